The minimum atomic E-state index is -0.348. The van der Waals surface area contributed by atoms with Crippen molar-refractivity contribution >= 4 is 11.8 Å². The number of rotatable bonds is 5. The van der Waals surface area contributed by atoms with Crippen LogP contribution >= 0.6 is 0 Å². The minimum absolute atomic E-state index is 0.0592. The molecule has 1 aromatic heterocycles. The summed E-state index contributed by atoms with van der Waals surface area (Å²) in [4.78, 5) is 35.1. The predicted molar refractivity (Wildman–Crippen MR) is 84.2 cm³/mol. The number of aromatic nitrogens is 2. The summed E-state index contributed by atoms with van der Waals surface area (Å²) < 4.78 is 11.5. The van der Waals surface area contributed by atoms with Gasteiger partial charge in [-0.1, -0.05) is 0 Å². The Bertz CT molecular complexity index is 601. The van der Waals surface area contributed by atoms with Crippen LogP contribution in [0.5, 0.6) is 0 Å². The molecule has 2 saturated heterocycles. The highest BCUT2D eigenvalue weighted by atomic mass is 16.5. The molecule has 2 fully saturated rings. The number of likely N-dealkylation sites (tertiary alicyclic amines) is 1. The monoisotopic (exact) mass is 334 g/mol. The van der Waals surface area contributed by atoms with Crippen LogP contribution < -0.4 is 0 Å². The average Bonchev–Trinajstić information content (AvgIpc) is 2.97. The van der Waals surface area contributed by atoms with Crippen molar-refractivity contribution in [3.05, 3.63) is 24.3 Å². The zero-order chi connectivity index (χ0) is 17.2. The molecule has 0 bridgehead atoms. The first-order valence-corrected chi connectivity index (χ1v) is 7.99. The standard InChI is InChI=1S/C16H22N4O4/c1-19(2)14(21)9-23-8-12-3-6-24-16(12)10-20(11-16)15(22)13-7-17-4-5-18-13/h4-5,7,12H,3,6,8-11H2,1-2H3/t12-/m1/s1. The van der Waals surface area contributed by atoms with Crippen molar-refractivity contribution < 1.29 is 19.1 Å². The zero-order valence-corrected chi connectivity index (χ0v) is 14.0. The lowest BCUT2D eigenvalue weighted by molar-refractivity contribution is -0.141. The molecule has 0 unspecified atom stereocenters. The summed E-state index contributed by atoms with van der Waals surface area (Å²) in [6, 6.07) is 0. The first-order valence-electron chi connectivity index (χ1n) is 7.99. The van der Waals surface area contributed by atoms with Crippen molar-refractivity contribution in [3.8, 4) is 0 Å². The van der Waals surface area contributed by atoms with Crippen LogP contribution in [0.4, 0.5) is 0 Å². The van der Waals surface area contributed by atoms with E-state index in [0.29, 0.717) is 32.0 Å². The van der Waals surface area contributed by atoms with Gasteiger partial charge in [0.25, 0.3) is 5.91 Å². The lowest BCUT2D eigenvalue weighted by atomic mass is 9.81. The normalized spacial score (nSPS) is 21.6. The summed E-state index contributed by atoms with van der Waals surface area (Å²) in [5, 5.41) is 0. The van der Waals surface area contributed by atoms with Gasteiger partial charge in [-0.3, -0.25) is 14.6 Å². The average molecular weight is 334 g/mol. The van der Waals surface area contributed by atoms with Crippen LogP contribution in [0.2, 0.25) is 0 Å². The van der Waals surface area contributed by atoms with Crippen LogP contribution in [-0.4, -0.2) is 84.2 Å². The van der Waals surface area contributed by atoms with Gasteiger partial charge in [0.1, 0.15) is 17.9 Å². The minimum Gasteiger partial charge on any atom is -0.371 e. The fourth-order valence-corrected chi connectivity index (χ4v) is 3.10. The third-order valence-corrected chi connectivity index (χ3v) is 4.63. The van der Waals surface area contributed by atoms with Crippen LogP contribution in [0, 0.1) is 5.92 Å². The SMILES string of the molecule is CN(C)C(=O)COC[C@H]1CCOC12CN(C(=O)c1cnccn1)C2. The highest BCUT2D eigenvalue weighted by Gasteiger charge is 2.54. The molecule has 2 aliphatic heterocycles. The smallest absolute Gasteiger partial charge is 0.274 e. The van der Waals surface area contributed by atoms with E-state index in [2.05, 4.69) is 9.97 Å². The Hall–Kier alpha value is -2.06. The van der Waals surface area contributed by atoms with Gasteiger partial charge in [-0.2, -0.15) is 0 Å². The van der Waals surface area contributed by atoms with Crippen LogP contribution in [0.1, 0.15) is 16.9 Å². The molecule has 2 aliphatic rings. The number of carbonyl (C=O) groups excluding carboxylic acids is 2. The Kier molecular flexibility index (Phi) is 4.77. The molecule has 3 rings (SSSR count). The topological polar surface area (TPSA) is 84.9 Å². The third kappa shape index (κ3) is 3.25. The summed E-state index contributed by atoms with van der Waals surface area (Å²) in [5.74, 6) is 0.001000. The molecule has 0 aromatic carbocycles. The van der Waals surface area contributed by atoms with Gasteiger partial charge in [-0.25, -0.2) is 4.98 Å². The number of carbonyl (C=O) groups is 2. The van der Waals surface area contributed by atoms with Gasteiger partial charge in [0, 0.05) is 39.0 Å². The van der Waals surface area contributed by atoms with Gasteiger partial charge in [0.15, 0.2) is 0 Å². The number of hydrogen-bond acceptors (Lipinski definition) is 6. The third-order valence-electron chi connectivity index (χ3n) is 4.63. The fourth-order valence-electron chi connectivity index (χ4n) is 3.10. The highest BCUT2D eigenvalue weighted by molar-refractivity contribution is 5.92. The Balaban J connectivity index is 1.52. The predicted octanol–water partition coefficient (Wildman–Crippen LogP) is -0.187. The zero-order valence-electron chi connectivity index (χ0n) is 14.0. The van der Waals surface area contributed by atoms with Crippen molar-refractivity contribution in [1.82, 2.24) is 19.8 Å². The molecule has 3 heterocycles. The number of hydrogen-bond donors (Lipinski definition) is 0. The maximum Gasteiger partial charge on any atom is 0.274 e. The van der Waals surface area contributed by atoms with Crippen molar-refractivity contribution in [1.29, 1.82) is 0 Å². The van der Waals surface area contributed by atoms with Crippen molar-refractivity contribution in [2.45, 2.75) is 12.0 Å². The molecule has 0 aliphatic carbocycles. The maximum atomic E-state index is 12.3. The second-order valence-corrected chi connectivity index (χ2v) is 6.45. The Morgan fingerprint density at radius 2 is 2.21 bits per heavy atom. The Morgan fingerprint density at radius 1 is 1.42 bits per heavy atom. The van der Waals surface area contributed by atoms with E-state index < -0.39 is 0 Å². The van der Waals surface area contributed by atoms with Gasteiger partial charge >= 0.3 is 0 Å². The van der Waals surface area contributed by atoms with E-state index in [1.54, 1.807) is 19.0 Å². The first kappa shape index (κ1) is 16.8. The molecule has 130 valence electrons. The molecule has 1 aromatic rings. The van der Waals surface area contributed by atoms with Gasteiger partial charge in [0.05, 0.1) is 25.9 Å². The van der Waals surface area contributed by atoms with E-state index in [9.17, 15) is 9.59 Å². The quantitative estimate of drug-likeness (QED) is 0.742. The second kappa shape index (κ2) is 6.82. The largest absolute Gasteiger partial charge is 0.371 e. The van der Waals surface area contributed by atoms with Gasteiger partial charge in [-0.05, 0) is 6.42 Å². The lowest BCUT2D eigenvalue weighted by Gasteiger charge is -2.49. The van der Waals surface area contributed by atoms with Crippen molar-refractivity contribution in [2.24, 2.45) is 5.92 Å². The van der Waals surface area contributed by atoms with Crippen molar-refractivity contribution in [2.75, 3.05) is 47.0 Å². The number of amides is 2. The summed E-state index contributed by atoms with van der Waals surface area (Å²) in [6.45, 7) is 2.24. The molecule has 8 nitrogen and oxygen atoms in total. The Morgan fingerprint density at radius 3 is 2.88 bits per heavy atom. The van der Waals surface area contributed by atoms with Gasteiger partial charge in [0.2, 0.25) is 5.91 Å². The molecule has 1 spiro atoms. The molecule has 8 heteroatoms. The molecule has 24 heavy (non-hydrogen) atoms. The van der Waals surface area contributed by atoms with Crippen molar-refractivity contribution in [3.63, 3.8) is 0 Å². The maximum absolute atomic E-state index is 12.3. The molecule has 2 amide bonds. The van der Waals surface area contributed by atoms with E-state index in [-0.39, 0.29) is 29.9 Å². The van der Waals surface area contributed by atoms with E-state index in [1.165, 1.54) is 23.5 Å². The lowest BCUT2D eigenvalue weighted by Crippen LogP contribution is -2.66. The van der Waals surface area contributed by atoms with Crippen LogP contribution in [-0.2, 0) is 14.3 Å². The second-order valence-electron chi connectivity index (χ2n) is 6.45. The molecule has 0 N–H and O–H groups in total. The number of likely N-dealkylation sites (N-methyl/N-ethyl adjacent to an activating group) is 1. The van der Waals surface area contributed by atoms with Gasteiger partial charge < -0.3 is 19.3 Å². The van der Waals surface area contributed by atoms with E-state index in [0.717, 1.165) is 6.42 Å². The molecule has 0 radical (unpaired) electrons. The molecule has 0 saturated carbocycles. The fraction of sp³-hybridized carbons (Fsp3) is 0.625. The molecular formula is C16H22N4O4. The van der Waals surface area contributed by atoms with E-state index >= 15 is 0 Å². The van der Waals surface area contributed by atoms with Crippen LogP contribution in [0.25, 0.3) is 0 Å². The van der Waals surface area contributed by atoms with Gasteiger partial charge in [-0.15, -0.1) is 0 Å². The molecule has 1 atom stereocenters. The van der Waals surface area contributed by atoms with E-state index in [4.69, 9.17) is 9.47 Å². The summed E-state index contributed by atoms with van der Waals surface area (Å²) in [7, 11) is 3.40. The summed E-state index contributed by atoms with van der Waals surface area (Å²) >= 11 is 0. The molecular weight excluding hydrogens is 312 g/mol. The van der Waals surface area contributed by atoms with Crippen LogP contribution in [0.15, 0.2) is 18.6 Å². The van der Waals surface area contributed by atoms with E-state index in [1.807, 2.05) is 0 Å². The summed E-state index contributed by atoms with van der Waals surface area (Å²) in [5.41, 5.74) is -0.00584. The number of nitrogens with zero attached hydrogens (tertiary/aromatic N) is 4. The number of ether oxygens (including phenoxy) is 2. The van der Waals surface area contributed by atoms with Crippen LogP contribution in [0.3, 0.4) is 0 Å². The highest BCUT2D eigenvalue weighted by Crippen LogP contribution is 2.40. The first-order chi connectivity index (χ1) is 11.5. The Labute approximate surface area is 140 Å². The summed E-state index contributed by atoms with van der Waals surface area (Å²) in [6.07, 6.45) is 5.39.